The molecule has 0 aliphatic heterocycles. The fourth-order valence-electron chi connectivity index (χ4n) is 1.77. The molecule has 1 atom stereocenters. The van der Waals surface area contributed by atoms with Gasteiger partial charge in [0.1, 0.15) is 11.6 Å². The molecule has 2 aromatic rings. The van der Waals surface area contributed by atoms with Crippen molar-refractivity contribution in [2.75, 3.05) is 0 Å². The molecule has 5 heteroatoms. The maximum atomic E-state index is 13.0. The smallest absolute Gasteiger partial charge is 0.141 e. The Labute approximate surface area is 123 Å². The monoisotopic (exact) mass is 346 g/mol. The summed E-state index contributed by atoms with van der Waals surface area (Å²) in [5.41, 5.74) is 1.27. The lowest BCUT2D eigenvalue weighted by molar-refractivity contribution is 0.177. The molecular formula is C14H10BrClF2O. The minimum absolute atomic E-state index is 0.0165. The Morgan fingerprint density at radius 1 is 1.16 bits per heavy atom. The molecule has 1 N–H and O–H groups in total. The van der Waals surface area contributed by atoms with Crippen molar-refractivity contribution in [2.24, 2.45) is 0 Å². The van der Waals surface area contributed by atoms with Crippen LogP contribution in [0.25, 0.3) is 0 Å². The Hall–Kier alpha value is -0.970. The second kappa shape index (κ2) is 5.99. The van der Waals surface area contributed by atoms with E-state index in [1.54, 1.807) is 6.07 Å². The maximum absolute atomic E-state index is 13.0. The highest BCUT2D eigenvalue weighted by Gasteiger charge is 2.13. The second-order valence-electron chi connectivity index (χ2n) is 4.13. The molecule has 0 heterocycles. The Kier molecular flexibility index (Phi) is 4.55. The molecule has 0 saturated heterocycles. The van der Waals surface area contributed by atoms with Gasteiger partial charge in [-0.15, -0.1) is 0 Å². The first-order chi connectivity index (χ1) is 8.97. The van der Waals surface area contributed by atoms with Crippen LogP contribution < -0.4 is 0 Å². The summed E-state index contributed by atoms with van der Waals surface area (Å²) in [7, 11) is 0. The number of aliphatic hydroxyl groups excluding tert-OH is 1. The largest absolute Gasteiger partial charge is 0.388 e. The van der Waals surface area contributed by atoms with E-state index in [1.165, 1.54) is 30.3 Å². The average Bonchev–Trinajstić information content (AvgIpc) is 2.33. The molecule has 0 aromatic heterocycles. The van der Waals surface area contributed by atoms with Gasteiger partial charge in [-0.05, 0) is 35.4 Å². The fourth-order valence-corrected chi connectivity index (χ4v) is 2.59. The van der Waals surface area contributed by atoms with Crippen LogP contribution in [0.1, 0.15) is 17.2 Å². The lowest BCUT2D eigenvalue weighted by atomic mass is 10.0. The lowest BCUT2D eigenvalue weighted by Crippen LogP contribution is -2.03. The van der Waals surface area contributed by atoms with Crippen LogP contribution in [-0.4, -0.2) is 5.11 Å². The van der Waals surface area contributed by atoms with Crippen LogP contribution in [-0.2, 0) is 6.42 Å². The topological polar surface area (TPSA) is 20.2 Å². The predicted molar refractivity (Wildman–Crippen MR) is 74.2 cm³/mol. The van der Waals surface area contributed by atoms with Gasteiger partial charge in [0.05, 0.1) is 11.1 Å². The van der Waals surface area contributed by atoms with Crippen molar-refractivity contribution < 1.29 is 13.9 Å². The molecule has 19 heavy (non-hydrogen) atoms. The van der Waals surface area contributed by atoms with Crippen molar-refractivity contribution >= 4 is 27.5 Å². The molecule has 0 bridgehead atoms. The Morgan fingerprint density at radius 2 is 1.89 bits per heavy atom. The van der Waals surface area contributed by atoms with Crippen LogP contribution in [0.5, 0.6) is 0 Å². The minimum atomic E-state index is -0.823. The standard InChI is InChI=1S/C14H10BrClF2O/c15-11-7-9(17)2-3-10(11)14(19)6-8-1-4-13(18)12(16)5-8/h1-5,7,14,19H,6H2. The maximum Gasteiger partial charge on any atom is 0.141 e. The van der Waals surface area contributed by atoms with Crippen LogP contribution in [0.3, 0.4) is 0 Å². The van der Waals surface area contributed by atoms with Gasteiger partial charge >= 0.3 is 0 Å². The summed E-state index contributed by atoms with van der Waals surface area (Å²) >= 11 is 8.88. The lowest BCUT2D eigenvalue weighted by Gasteiger charge is -2.13. The van der Waals surface area contributed by atoms with Gasteiger partial charge in [0, 0.05) is 10.9 Å². The molecule has 1 nitrogen and oxygen atoms in total. The van der Waals surface area contributed by atoms with Crippen molar-refractivity contribution in [3.63, 3.8) is 0 Å². The molecule has 2 aromatic carbocycles. The number of hydrogen-bond donors (Lipinski definition) is 1. The molecule has 0 saturated carbocycles. The summed E-state index contributed by atoms with van der Waals surface area (Å²) in [6.45, 7) is 0. The zero-order valence-electron chi connectivity index (χ0n) is 9.71. The molecule has 2 rings (SSSR count). The molecular weight excluding hydrogens is 338 g/mol. The van der Waals surface area contributed by atoms with Crippen LogP contribution in [0, 0.1) is 11.6 Å². The van der Waals surface area contributed by atoms with Crippen molar-refractivity contribution in [2.45, 2.75) is 12.5 Å². The fraction of sp³-hybridized carbons (Fsp3) is 0.143. The molecule has 1 unspecified atom stereocenters. The van der Waals surface area contributed by atoms with Crippen LogP contribution in [0.15, 0.2) is 40.9 Å². The van der Waals surface area contributed by atoms with E-state index in [0.29, 0.717) is 15.6 Å². The molecule has 0 amide bonds. The Balaban J connectivity index is 2.20. The minimum Gasteiger partial charge on any atom is -0.388 e. The predicted octanol–water partition coefficient (Wildman–Crippen LogP) is 4.66. The summed E-state index contributed by atoms with van der Waals surface area (Å²) in [6, 6.07) is 8.36. The van der Waals surface area contributed by atoms with Gasteiger partial charge in [0.25, 0.3) is 0 Å². The van der Waals surface area contributed by atoms with Crippen LogP contribution in [0.4, 0.5) is 8.78 Å². The third-order valence-corrected chi connectivity index (χ3v) is 3.71. The van der Waals surface area contributed by atoms with E-state index in [2.05, 4.69) is 15.9 Å². The summed E-state index contributed by atoms with van der Waals surface area (Å²) in [6.07, 6.45) is -0.555. The second-order valence-corrected chi connectivity index (χ2v) is 5.40. The first-order valence-corrected chi connectivity index (χ1v) is 6.71. The zero-order valence-corrected chi connectivity index (χ0v) is 12.0. The van der Waals surface area contributed by atoms with Crippen molar-refractivity contribution in [3.8, 4) is 0 Å². The van der Waals surface area contributed by atoms with Gasteiger partial charge in [0.15, 0.2) is 0 Å². The van der Waals surface area contributed by atoms with E-state index >= 15 is 0 Å². The van der Waals surface area contributed by atoms with Crippen LogP contribution in [0.2, 0.25) is 5.02 Å². The number of benzene rings is 2. The van der Waals surface area contributed by atoms with E-state index in [-0.39, 0.29) is 17.3 Å². The van der Waals surface area contributed by atoms with E-state index in [1.807, 2.05) is 0 Å². The molecule has 0 aliphatic carbocycles. The van der Waals surface area contributed by atoms with Gasteiger partial charge < -0.3 is 5.11 Å². The molecule has 0 aliphatic rings. The van der Waals surface area contributed by atoms with Gasteiger partial charge in [0.2, 0.25) is 0 Å². The molecule has 0 radical (unpaired) electrons. The van der Waals surface area contributed by atoms with Crippen molar-refractivity contribution in [1.82, 2.24) is 0 Å². The number of rotatable bonds is 3. The van der Waals surface area contributed by atoms with Crippen LogP contribution >= 0.6 is 27.5 Å². The van der Waals surface area contributed by atoms with E-state index in [0.717, 1.165) is 0 Å². The quantitative estimate of drug-likeness (QED) is 0.856. The van der Waals surface area contributed by atoms with Gasteiger partial charge in [-0.3, -0.25) is 0 Å². The molecule has 100 valence electrons. The van der Waals surface area contributed by atoms with Gasteiger partial charge in [-0.1, -0.05) is 39.7 Å². The summed E-state index contributed by atoms with van der Waals surface area (Å²) in [5.74, 6) is -0.879. The van der Waals surface area contributed by atoms with Gasteiger partial charge in [-0.2, -0.15) is 0 Å². The highest BCUT2D eigenvalue weighted by atomic mass is 79.9. The Bertz CT molecular complexity index is 604. The molecule has 0 spiro atoms. The Morgan fingerprint density at radius 3 is 2.53 bits per heavy atom. The van der Waals surface area contributed by atoms with Gasteiger partial charge in [-0.25, -0.2) is 8.78 Å². The number of halogens is 4. The van der Waals surface area contributed by atoms with Crippen molar-refractivity contribution in [3.05, 3.63) is 68.7 Å². The normalized spacial score (nSPS) is 12.5. The summed E-state index contributed by atoms with van der Waals surface area (Å²) in [4.78, 5) is 0. The summed E-state index contributed by atoms with van der Waals surface area (Å²) < 4.78 is 26.5. The average molecular weight is 348 g/mol. The SMILES string of the molecule is OC(Cc1ccc(F)c(Cl)c1)c1ccc(F)cc1Br. The number of hydrogen-bond acceptors (Lipinski definition) is 1. The third-order valence-electron chi connectivity index (χ3n) is 2.73. The zero-order chi connectivity index (χ0) is 14.0. The van der Waals surface area contributed by atoms with E-state index in [9.17, 15) is 13.9 Å². The highest BCUT2D eigenvalue weighted by Crippen LogP contribution is 2.27. The van der Waals surface area contributed by atoms with Crippen molar-refractivity contribution in [1.29, 1.82) is 0 Å². The summed E-state index contributed by atoms with van der Waals surface area (Å²) in [5, 5.41) is 10.1. The van der Waals surface area contributed by atoms with E-state index in [4.69, 9.17) is 11.6 Å². The molecule has 0 fully saturated rings. The number of aliphatic hydroxyl groups is 1. The van der Waals surface area contributed by atoms with E-state index < -0.39 is 11.9 Å². The highest BCUT2D eigenvalue weighted by molar-refractivity contribution is 9.10. The first-order valence-electron chi connectivity index (χ1n) is 5.54. The first kappa shape index (κ1) is 14.4. The third kappa shape index (κ3) is 3.53.